The van der Waals surface area contributed by atoms with Gasteiger partial charge in [-0.1, -0.05) is 33.1 Å². The maximum absolute atomic E-state index is 12.0. The molecule has 4 atom stereocenters. The molecule has 3 aliphatic heterocycles. The summed E-state index contributed by atoms with van der Waals surface area (Å²) in [4.78, 5) is 47.7. The van der Waals surface area contributed by atoms with Crippen molar-refractivity contribution in [2.75, 3.05) is 65.8 Å². The topological polar surface area (TPSA) is 315 Å². The Bertz CT molecular complexity index is 2810. The molecule has 7 heterocycles. The maximum atomic E-state index is 12.0. The molecule has 8 amide bonds. The van der Waals surface area contributed by atoms with E-state index in [9.17, 15) is 19.2 Å². The van der Waals surface area contributed by atoms with Crippen LogP contribution in [0.3, 0.4) is 0 Å². The molecule has 0 spiro atoms. The predicted molar refractivity (Wildman–Crippen MR) is 353 cm³/mol. The first-order valence-electron chi connectivity index (χ1n) is 35.9. The maximum Gasteiger partial charge on any atom is 0.315 e. The number of aromatic nitrogens is 12. The summed E-state index contributed by atoms with van der Waals surface area (Å²) < 4.78 is 24.9. The van der Waals surface area contributed by atoms with Crippen LogP contribution in [0, 0.1) is 11.8 Å². The van der Waals surface area contributed by atoms with Gasteiger partial charge in [-0.05, 0) is 148 Å². The third-order valence-corrected chi connectivity index (χ3v) is 19.1. The van der Waals surface area contributed by atoms with Crippen molar-refractivity contribution in [2.24, 2.45) is 18.9 Å². The van der Waals surface area contributed by atoms with Crippen LogP contribution in [-0.2, 0) is 66.6 Å². The second-order valence-electron chi connectivity index (χ2n) is 26.9. The molecular formula is C66H112N20O7. The van der Waals surface area contributed by atoms with Gasteiger partial charge in [0.1, 0.15) is 46.6 Å². The highest BCUT2D eigenvalue weighted by Crippen LogP contribution is 2.41. The lowest BCUT2D eigenvalue weighted by molar-refractivity contribution is 0.0417. The highest BCUT2D eigenvalue weighted by molar-refractivity contribution is 5.75. The van der Waals surface area contributed by atoms with E-state index in [1.807, 2.05) is 7.05 Å². The first kappa shape index (κ1) is 70.8. The van der Waals surface area contributed by atoms with E-state index in [4.69, 9.17) is 14.2 Å². The van der Waals surface area contributed by atoms with Crippen molar-refractivity contribution in [3.8, 4) is 0 Å². The third-order valence-electron chi connectivity index (χ3n) is 19.1. The number of nitrogens with zero attached hydrogens (tertiary/aromatic N) is 12. The van der Waals surface area contributed by atoms with E-state index in [2.05, 4.69) is 136 Å². The predicted octanol–water partition coefficient (Wildman–Crippen LogP) is 7.51. The molecule has 8 N–H and O–H groups in total. The summed E-state index contributed by atoms with van der Waals surface area (Å²) in [6.45, 7) is 20.4. The highest BCUT2D eigenvalue weighted by Gasteiger charge is 2.33. The van der Waals surface area contributed by atoms with E-state index < -0.39 is 0 Å². The molecule has 3 saturated heterocycles. The van der Waals surface area contributed by atoms with Crippen LogP contribution in [0.25, 0.3) is 0 Å². The summed E-state index contributed by atoms with van der Waals surface area (Å²) in [6.07, 6.45) is 26.5. The number of urea groups is 4. The minimum atomic E-state index is -0.0830. The number of carbonyl (C=O) groups is 4. The fourth-order valence-corrected chi connectivity index (χ4v) is 12.8. The zero-order chi connectivity index (χ0) is 65.3. The molecule has 4 aromatic rings. The Hall–Kier alpha value is -6.48. The first-order valence-corrected chi connectivity index (χ1v) is 35.9. The Morgan fingerprint density at radius 1 is 0.387 bits per heavy atom. The molecule has 8 fully saturated rings. The van der Waals surface area contributed by atoms with Crippen LogP contribution in [0.4, 0.5) is 19.2 Å². The van der Waals surface area contributed by atoms with Gasteiger partial charge in [0.05, 0.1) is 13.2 Å². The molecule has 27 nitrogen and oxygen atoms in total. The number of rotatable bonds is 27. The molecule has 5 aliphatic carbocycles. The van der Waals surface area contributed by atoms with Crippen molar-refractivity contribution in [2.45, 2.75) is 263 Å². The van der Waals surface area contributed by atoms with Gasteiger partial charge in [-0.25, -0.2) is 19.2 Å². The lowest BCUT2D eigenvalue weighted by Gasteiger charge is -2.29. The average Bonchev–Trinajstić information content (AvgIpc) is 1.73. The molecule has 4 aromatic heterocycles. The summed E-state index contributed by atoms with van der Waals surface area (Å²) in [5, 5.41) is 58.6. The quantitative estimate of drug-likeness (QED) is 0.0268. The Balaban J connectivity index is 0.000000146. The number of hydrogen-bond acceptors (Lipinski definition) is 15. The summed E-state index contributed by atoms with van der Waals surface area (Å²) in [7, 11) is 2.04. The SMILES string of the molecule is CC1COCCC1NC(=O)NCCCc1nnc(C2CC2)n1C.CCn1c(CCCNC(=O)NC2CCCCC2)nnc1C1CC1.CCn1c(CCCNC(=O)NC2CCOCC2)nnc1C1CC1.CCn1c(CCCNC(=O)NC2CCOCC2C)nnc1C1CC1. The summed E-state index contributed by atoms with van der Waals surface area (Å²) in [5.74, 6) is 11.9. The largest absolute Gasteiger partial charge is 0.381 e. The Morgan fingerprint density at radius 3 is 1.08 bits per heavy atom. The molecule has 12 rings (SSSR count). The summed E-state index contributed by atoms with van der Waals surface area (Å²) in [5.41, 5.74) is 0. The molecule has 93 heavy (non-hydrogen) atoms. The molecule has 0 aromatic carbocycles. The Morgan fingerprint density at radius 2 is 0.710 bits per heavy atom. The zero-order valence-electron chi connectivity index (χ0n) is 56.9. The standard InChI is InChI=1S/C17H29N5O2.C17H29N5O.2C16H27N5O2/c1-3-22-15(20-21-16(22)13-6-7-13)5-4-9-18-17(23)19-14-8-10-24-11-12(14)2;1-2-22-15(20-21-16(22)13-10-11-13)9-6-12-18-17(23)19-14-7-4-3-5-8-14;1-11-10-23-9-7-13(11)18-16(22)17-8-3-4-14-19-20-15(21(14)2)12-5-6-12;1-2-21-14(19-20-15(21)12-5-6-12)4-3-9-17-16(22)18-13-7-10-23-11-8-13/h12-14H,3-11H2,1-2H3,(H2,18,19,23);13-14H,2-12H2,1H3,(H2,18,19,23);11-13H,3-10H2,1-2H3,(H2,17,18,22);12-13H,2-11H2,1H3,(H2,17,18,22). The molecule has 5 saturated carbocycles. The lowest BCUT2D eigenvalue weighted by atomic mass is 9.96. The van der Waals surface area contributed by atoms with Crippen molar-refractivity contribution in [1.29, 1.82) is 0 Å². The Labute approximate surface area is 550 Å². The molecular weight excluding hydrogens is 1180 g/mol. The normalized spacial score (nSPS) is 21.5. The van der Waals surface area contributed by atoms with E-state index in [0.29, 0.717) is 67.7 Å². The van der Waals surface area contributed by atoms with Crippen molar-refractivity contribution in [3.63, 3.8) is 0 Å². The Kier molecular flexibility index (Phi) is 28.2. The van der Waals surface area contributed by atoms with E-state index in [1.165, 1.54) is 70.6 Å². The first-order chi connectivity index (χ1) is 45.4. The fourth-order valence-electron chi connectivity index (χ4n) is 12.8. The van der Waals surface area contributed by atoms with Gasteiger partial charge in [0.2, 0.25) is 0 Å². The smallest absolute Gasteiger partial charge is 0.315 e. The van der Waals surface area contributed by atoms with Gasteiger partial charge in [0.25, 0.3) is 0 Å². The van der Waals surface area contributed by atoms with Gasteiger partial charge >= 0.3 is 24.1 Å². The minimum Gasteiger partial charge on any atom is -0.381 e. The van der Waals surface area contributed by atoms with Crippen LogP contribution in [0.1, 0.15) is 240 Å². The van der Waals surface area contributed by atoms with Gasteiger partial charge < -0.3 is 75.0 Å². The van der Waals surface area contributed by atoms with E-state index in [0.717, 1.165) is 196 Å². The van der Waals surface area contributed by atoms with Crippen molar-refractivity contribution >= 4 is 24.1 Å². The number of amides is 8. The highest BCUT2D eigenvalue weighted by atomic mass is 16.5. The van der Waals surface area contributed by atoms with Gasteiger partial charge in [0.15, 0.2) is 0 Å². The van der Waals surface area contributed by atoms with E-state index >= 15 is 0 Å². The monoisotopic (exact) mass is 1300 g/mol. The van der Waals surface area contributed by atoms with Crippen molar-refractivity contribution in [3.05, 3.63) is 46.6 Å². The van der Waals surface area contributed by atoms with Crippen LogP contribution in [0.5, 0.6) is 0 Å². The molecule has 4 unspecified atom stereocenters. The van der Waals surface area contributed by atoms with Crippen LogP contribution < -0.4 is 42.5 Å². The van der Waals surface area contributed by atoms with Gasteiger partial charge in [-0.2, -0.15) is 0 Å². The second kappa shape index (κ2) is 37.0. The van der Waals surface area contributed by atoms with E-state index in [1.54, 1.807) is 0 Å². The number of carbonyl (C=O) groups excluding carboxylic acids is 4. The summed E-state index contributed by atoms with van der Waals surface area (Å²) >= 11 is 0. The van der Waals surface area contributed by atoms with Gasteiger partial charge in [0, 0.05) is 153 Å². The summed E-state index contributed by atoms with van der Waals surface area (Å²) in [6, 6.07) is 0.775. The van der Waals surface area contributed by atoms with Crippen LogP contribution in [0.15, 0.2) is 0 Å². The van der Waals surface area contributed by atoms with Gasteiger partial charge in [-0.15, -0.1) is 40.8 Å². The minimum absolute atomic E-state index is 0.0208. The number of nitrogens with one attached hydrogen (secondary N) is 8. The van der Waals surface area contributed by atoms with Gasteiger partial charge in [-0.3, -0.25) is 0 Å². The van der Waals surface area contributed by atoms with Crippen molar-refractivity contribution < 1.29 is 33.4 Å². The molecule has 0 radical (unpaired) electrons. The molecule has 8 aliphatic rings. The number of ether oxygens (including phenoxy) is 3. The zero-order valence-corrected chi connectivity index (χ0v) is 56.9. The van der Waals surface area contributed by atoms with Crippen molar-refractivity contribution in [1.82, 2.24) is 102 Å². The molecule has 518 valence electrons. The lowest BCUT2D eigenvalue weighted by Crippen LogP contribution is -2.48. The van der Waals surface area contributed by atoms with E-state index in [-0.39, 0.29) is 42.2 Å². The third kappa shape index (κ3) is 22.9. The fraction of sp³-hybridized carbons (Fsp3) is 0.818. The molecule has 0 bridgehead atoms. The second-order valence-corrected chi connectivity index (χ2v) is 26.9. The van der Waals surface area contributed by atoms with Crippen LogP contribution in [-0.4, -0.2) is 173 Å². The average molecular weight is 1300 g/mol. The molecule has 27 heteroatoms. The van der Waals surface area contributed by atoms with Crippen LogP contribution in [0.2, 0.25) is 0 Å². The number of aryl methyl sites for hydroxylation is 4. The number of hydrogen-bond donors (Lipinski definition) is 8. The van der Waals surface area contributed by atoms with Crippen LogP contribution >= 0.6 is 0 Å².